The minimum Gasteiger partial charge on any atom is -0.493 e. The molecule has 1 N–H and O–H groups in total. The van der Waals surface area contributed by atoms with Gasteiger partial charge in [-0.1, -0.05) is 12.1 Å². The predicted octanol–water partition coefficient (Wildman–Crippen LogP) is 3.54. The largest absolute Gasteiger partial charge is 0.493 e. The summed E-state index contributed by atoms with van der Waals surface area (Å²) in [4.78, 5) is 12.2. The number of halogens is 2. The van der Waals surface area contributed by atoms with Gasteiger partial charge >= 0.3 is 0 Å². The maximum absolute atomic E-state index is 13.3. The first kappa shape index (κ1) is 16.3. The summed E-state index contributed by atoms with van der Waals surface area (Å²) in [6, 6.07) is 9.36. The van der Waals surface area contributed by atoms with Crippen LogP contribution in [0.15, 0.2) is 40.9 Å². The molecule has 0 unspecified atom stereocenters. The molecular formula is C16H15BrFNO3. The minimum absolute atomic E-state index is 0.238. The van der Waals surface area contributed by atoms with Crippen LogP contribution < -0.4 is 14.8 Å². The van der Waals surface area contributed by atoms with E-state index < -0.39 is 5.82 Å². The van der Waals surface area contributed by atoms with Gasteiger partial charge in [0.25, 0.3) is 5.91 Å². The van der Waals surface area contributed by atoms with E-state index >= 15 is 0 Å². The van der Waals surface area contributed by atoms with Crippen molar-refractivity contribution in [3.63, 3.8) is 0 Å². The summed E-state index contributed by atoms with van der Waals surface area (Å²) >= 11 is 3.24. The Bertz CT molecular complexity index is 691. The smallest absolute Gasteiger partial charge is 0.252 e. The molecule has 1 amide bonds. The topological polar surface area (TPSA) is 47.6 Å². The van der Waals surface area contributed by atoms with Crippen LogP contribution in [0.2, 0.25) is 0 Å². The van der Waals surface area contributed by atoms with Gasteiger partial charge in [0.15, 0.2) is 11.5 Å². The van der Waals surface area contributed by atoms with Gasteiger partial charge in [-0.2, -0.15) is 0 Å². The molecule has 0 aliphatic heterocycles. The number of nitrogens with one attached hydrogen (secondary N) is 1. The molecule has 4 nitrogen and oxygen atoms in total. The van der Waals surface area contributed by atoms with Crippen molar-refractivity contribution in [3.05, 3.63) is 57.8 Å². The van der Waals surface area contributed by atoms with Crippen LogP contribution in [0.3, 0.4) is 0 Å². The second-order valence-electron chi connectivity index (χ2n) is 4.46. The molecule has 2 rings (SSSR count). The Kier molecular flexibility index (Phi) is 5.38. The van der Waals surface area contributed by atoms with Crippen LogP contribution in [0.5, 0.6) is 11.5 Å². The fourth-order valence-electron chi connectivity index (χ4n) is 2.04. The quantitative estimate of drug-likeness (QED) is 0.879. The van der Waals surface area contributed by atoms with E-state index in [4.69, 9.17) is 9.47 Å². The highest BCUT2D eigenvalue weighted by molar-refractivity contribution is 9.10. The summed E-state index contributed by atoms with van der Waals surface area (Å²) < 4.78 is 24.3. The van der Waals surface area contributed by atoms with Crippen molar-refractivity contribution in [2.75, 3.05) is 14.2 Å². The molecule has 0 atom stereocenters. The maximum atomic E-state index is 13.3. The van der Waals surface area contributed by atoms with E-state index in [0.717, 1.165) is 5.56 Å². The lowest BCUT2D eigenvalue weighted by atomic mass is 10.1. The highest BCUT2D eigenvalue weighted by atomic mass is 79.9. The molecule has 0 heterocycles. The van der Waals surface area contributed by atoms with Crippen molar-refractivity contribution in [1.29, 1.82) is 0 Å². The summed E-state index contributed by atoms with van der Waals surface area (Å²) in [7, 11) is 3.08. The highest BCUT2D eigenvalue weighted by Crippen LogP contribution is 2.30. The van der Waals surface area contributed by atoms with Crippen LogP contribution in [-0.4, -0.2) is 20.1 Å². The molecule has 0 aliphatic rings. The lowest BCUT2D eigenvalue weighted by molar-refractivity contribution is 0.0949. The summed E-state index contributed by atoms with van der Waals surface area (Å²) in [6.07, 6.45) is 0. The first-order valence-corrected chi connectivity index (χ1v) is 7.29. The molecule has 2 aromatic rings. The number of rotatable bonds is 5. The molecule has 2 aromatic carbocycles. The van der Waals surface area contributed by atoms with Crippen LogP contribution in [-0.2, 0) is 6.54 Å². The standard InChI is InChI=1S/C16H15BrFNO3/c1-21-14-5-3-4-10(15(14)22-2)9-19-16(20)12-8-11(18)6-7-13(12)17/h3-8H,9H2,1-2H3,(H,19,20). The summed E-state index contributed by atoms with van der Waals surface area (Å²) in [5, 5.41) is 2.74. The van der Waals surface area contributed by atoms with Crippen molar-refractivity contribution < 1.29 is 18.7 Å². The zero-order valence-electron chi connectivity index (χ0n) is 12.2. The van der Waals surface area contributed by atoms with Gasteiger partial charge in [-0.05, 0) is 40.2 Å². The number of ether oxygens (including phenoxy) is 2. The van der Waals surface area contributed by atoms with E-state index in [1.165, 1.54) is 25.3 Å². The molecule has 0 fully saturated rings. The zero-order chi connectivity index (χ0) is 16.1. The lowest BCUT2D eigenvalue weighted by Gasteiger charge is -2.13. The first-order chi connectivity index (χ1) is 10.6. The molecule has 116 valence electrons. The van der Waals surface area contributed by atoms with Crippen LogP contribution >= 0.6 is 15.9 Å². The fraction of sp³-hybridized carbons (Fsp3) is 0.188. The monoisotopic (exact) mass is 367 g/mol. The van der Waals surface area contributed by atoms with E-state index in [1.54, 1.807) is 19.2 Å². The van der Waals surface area contributed by atoms with E-state index in [0.29, 0.717) is 16.0 Å². The van der Waals surface area contributed by atoms with Gasteiger partial charge in [-0.25, -0.2) is 4.39 Å². The van der Waals surface area contributed by atoms with E-state index in [1.807, 2.05) is 6.07 Å². The van der Waals surface area contributed by atoms with E-state index in [9.17, 15) is 9.18 Å². The number of amides is 1. The zero-order valence-corrected chi connectivity index (χ0v) is 13.7. The maximum Gasteiger partial charge on any atom is 0.252 e. The van der Waals surface area contributed by atoms with Crippen molar-refractivity contribution in [3.8, 4) is 11.5 Å². The molecule has 0 aromatic heterocycles. The molecule has 0 aliphatic carbocycles. The third-order valence-corrected chi connectivity index (χ3v) is 3.79. The van der Waals surface area contributed by atoms with Gasteiger partial charge in [-0.3, -0.25) is 4.79 Å². The Morgan fingerprint density at radius 2 is 2.00 bits per heavy atom. The Morgan fingerprint density at radius 3 is 2.68 bits per heavy atom. The molecule has 0 saturated carbocycles. The Hall–Kier alpha value is -2.08. The first-order valence-electron chi connectivity index (χ1n) is 6.50. The third kappa shape index (κ3) is 3.57. The summed E-state index contributed by atoms with van der Waals surface area (Å²) in [5.41, 5.74) is 1.00. The van der Waals surface area contributed by atoms with Gasteiger partial charge in [0, 0.05) is 16.6 Å². The predicted molar refractivity (Wildman–Crippen MR) is 84.8 cm³/mol. The number of para-hydroxylation sites is 1. The third-order valence-electron chi connectivity index (χ3n) is 3.10. The number of carbonyl (C=O) groups is 1. The number of hydrogen-bond acceptors (Lipinski definition) is 3. The van der Waals surface area contributed by atoms with Gasteiger partial charge in [0.1, 0.15) is 5.82 Å². The molecule has 0 bridgehead atoms. The molecule has 0 saturated heterocycles. The van der Waals surface area contributed by atoms with Crippen molar-refractivity contribution in [1.82, 2.24) is 5.32 Å². The minimum atomic E-state index is -0.465. The second-order valence-corrected chi connectivity index (χ2v) is 5.31. The van der Waals surface area contributed by atoms with Crippen molar-refractivity contribution >= 4 is 21.8 Å². The van der Waals surface area contributed by atoms with E-state index in [-0.39, 0.29) is 18.0 Å². The van der Waals surface area contributed by atoms with Gasteiger partial charge < -0.3 is 14.8 Å². The van der Waals surface area contributed by atoms with Gasteiger partial charge in [0.05, 0.1) is 19.8 Å². The number of methoxy groups -OCH3 is 2. The molecule has 22 heavy (non-hydrogen) atoms. The number of benzene rings is 2. The van der Waals surface area contributed by atoms with Gasteiger partial charge in [0.2, 0.25) is 0 Å². The average Bonchev–Trinajstić information content (AvgIpc) is 2.54. The second kappa shape index (κ2) is 7.26. The molecule has 0 spiro atoms. The Balaban J connectivity index is 2.16. The normalized spacial score (nSPS) is 10.2. The Morgan fingerprint density at radius 1 is 1.23 bits per heavy atom. The van der Waals surface area contributed by atoms with Crippen molar-refractivity contribution in [2.45, 2.75) is 6.54 Å². The number of hydrogen-bond donors (Lipinski definition) is 1. The molecule has 6 heteroatoms. The molecular weight excluding hydrogens is 353 g/mol. The SMILES string of the molecule is COc1cccc(CNC(=O)c2cc(F)ccc2Br)c1OC. The van der Waals surface area contributed by atoms with Gasteiger partial charge in [-0.15, -0.1) is 0 Å². The average molecular weight is 368 g/mol. The summed E-state index contributed by atoms with van der Waals surface area (Å²) in [6.45, 7) is 0.238. The molecule has 0 radical (unpaired) electrons. The van der Waals surface area contributed by atoms with Crippen LogP contribution in [0.1, 0.15) is 15.9 Å². The van der Waals surface area contributed by atoms with Crippen LogP contribution in [0.25, 0.3) is 0 Å². The fourth-order valence-corrected chi connectivity index (χ4v) is 2.46. The lowest BCUT2D eigenvalue weighted by Crippen LogP contribution is -2.23. The van der Waals surface area contributed by atoms with E-state index in [2.05, 4.69) is 21.2 Å². The van der Waals surface area contributed by atoms with Crippen LogP contribution in [0, 0.1) is 5.82 Å². The highest BCUT2D eigenvalue weighted by Gasteiger charge is 2.13. The number of carbonyl (C=O) groups excluding carboxylic acids is 1. The Labute approximate surface area is 136 Å². The van der Waals surface area contributed by atoms with Crippen molar-refractivity contribution in [2.24, 2.45) is 0 Å². The van der Waals surface area contributed by atoms with Crippen LogP contribution in [0.4, 0.5) is 4.39 Å². The summed E-state index contributed by atoms with van der Waals surface area (Å²) in [5.74, 6) is 0.299.